The molecular weight excluding hydrogens is 431 g/mol. The average Bonchev–Trinajstić information content (AvgIpc) is 3.27. The molecule has 0 aromatic carbocycles. The molecule has 6 nitrogen and oxygen atoms in total. The van der Waals surface area contributed by atoms with E-state index in [9.17, 15) is 4.79 Å². The van der Waals surface area contributed by atoms with Crippen molar-refractivity contribution >= 4 is 36.0 Å². The second-order valence-corrected chi connectivity index (χ2v) is 7.53. The summed E-state index contributed by atoms with van der Waals surface area (Å²) >= 11 is 0. The Morgan fingerprint density at radius 3 is 2.60 bits per heavy atom. The summed E-state index contributed by atoms with van der Waals surface area (Å²) in [5.74, 6) is 1.56. The summed E-state index contributed by atoms with van der Waals surface area (Å²) in [5, 5.41) is 6.43. The maximum Gasteiger partial charge on any atom is 0.407 e. The number of nitrogens with one attached hydrogen (secondary N) is 2. The molecule has 3 fully saturated rings. The highest BCUT2D eigenvalue weighted by atomic mass is 127. The summed E-state index contributed by atoms with van der Waals surface area (Å²) in [7, 11) is 0. The molecule has 25 heavy (non-hydrogen) atoms. The molecule has 1 aliphatic heterocycles. The number of carbonyl (C=O) groups is 1. The van der Waals surface area contributed by atoms with E-state index < -0.39 is 0 Å². The van der Waals surface area contributed by atoms with E-state index in [2.05, 4.69) is 22.5 Å². The van der Waals surface area contributed by atoms with Gasteiger partial charge in [0.15, 0.2) is 5.96 Å². The number of halogens is 1. The van der Waals surface area contributed by atoms with Gasteiger partial charge in [0.2, 0.25) is 0 Å². The SMILES string of the molecule is CCNC(=NCC(NC(=O)OCC)C1CC1)N1CCC2(CCC2)C1.I. The molecular formula is C18H33IN4O2. The second-order valence-electron chi connectivity index (χ2n) is 7.53. The molecule has 7 heteroatoms. The highest BCUT2D eigenvalue weighted by Crippen LogP contribution is 2.47. The van der Waals surface area contributed by atoms with Crippen LogP contribution >= 0.6 is 24.0 Å². The number of alkyl carbamates (subject to hydrolysis) is 1. The summed E-state index contributed by atoms with van der Waals surface area (Å²) in [6.07, 6.45) is 7.46. The Kier molecular flexibility index (Phi) is 7.64. The lowest BCUT2D eigenvalue weighted by Crippen LogP contribution is -2.44. The molecule has 0 aromatic heterocycles. The van der Waals surface area contributed by atoms with Crippen LogP contribution in [0.15, 0.2) is 4.99 Å². The van der Waals surface area contributed by atoms with Gasteiger partial charge in [0.05, 0.1) is 19.2 Å². The van der Waals surface area contributed by atoms with Gasteiger partial charge in [0, 0.05) is 19.6 Å². The molecule has 1 heterocycles. The van der Waals surface area contributed by atoms with Gasteiger partial charge in [-0.15, -0.1) is 24.0 Å². The molecule has 0 bridgehead atoms. The molecule has 2 aliphatic carbocycles. The van der Waals surface area contributed by atoms with Gasteiger partial charge in [0.25, 0.3) is 0 Å². The van der Waals surface area contributed by atoms with Crippen molar-refractivity contribution in [3.63, 3.8) is 0 Å². The van der Waals surface area contributed by atoms with Crippen LogP contribution in [0.1, 0.15) is 52.4 Å². The van der Waals surface area contributed by atoms with Gasteiger partial charge in [-0.1, -0.05) is 6.42 Å². The number of rotatable bonds is 6. The van der Waals surface area contributed by atoms with E-state index >= 15 is 0 Å². The fourth-order valence-electron chi connectivity index (χ4n) is 3.95. The number of aliphatic imine (C=N–C) groups is 1. The van der Waals surface area contributed by atoms with E-state index in [-0.39, 0.29) is 36.1 Å². The zero-order chi connectivity index (χ0) is 17.0. The lowest BCUT2D eigenvalue weighted by Gasteiger charge is -2.38. The van der Waals surface area contributed by atoms with E-state index in [1.165, 1.54) is 38.5 Å². The summed E-state index contributed by atoms with van der Waals surface area (Å²) in [5.41, 5.74) is 0.565. The van der Waals surface area contributed by atoms with Crippen molar-refractivity contribution in [3.8, 4) is 0 Å². The monoisotopic (exact) mass is 464 g/mol. The van der Waals surface area contributed by atoms with Crippen LogP contribution in [-0.2, 0) is 4.74 Å². The van der Waals surface area contributed by atoms with Crippen LogP contribution in [0.5, 0.6) is 0 Å². The Morgan fingerprint density at radius 2 is 2.08 bits per heavy atom. The summed E-state index contributed by atoms with van der Waals surface area (Å²) in [4.78, 5) is 19.0. The molecule has 2 N–H and O–H groups in total. The Balaban J connectivity index is 0.00000225. The zero-order valence-corrected chi connectivity index (χ0v) is 17.9. The highest BCUT2D eigenvalue weighted by Gasteiger charge is 2.43. The molecule has 144 valence electrons. The average molecular weight is 464 g/mol. The highest BCUT2D eigenvalue weighted by molar-refractivity contribution is 14.0. The predicted molar refractivity (Wildman–Crippen MR) is 111 cm³/mol. The second kappa shape index (κ2) is 9.28. The standard InChI is InChI=1S/C18H32N4O2.HI/c1-3-19-16(22-11-10-18(13-22)8-5-9-18)20-12-15(14-6-7-14)21-17(23)24-4-2;/h14-15H,3-13H2,1-2H3,(H,19,20)(H,21,23);1H. The van der Waals surface area contributed by atoms with Gasteiger partial charge >= 0.3 is 6.09 Å². The lowest BCUT2D eigenvalue weighted by atomic mass is 9.68. The van der Waals surface area contributed by atoms with Gasteiger partial charge in [-0.2, -0.15) is 0 Å². The molecule has 0 radical (unpaired) electrons. The van der Waals surface area contributed by atoms with Gasteiger partial charge in [-0.25, -0.2) is 4.79 Å². The molecule has 2 saturated carbocycles. The maximum absolute atomic E-state index is 11.7. The number of likely N-dealkylation sites (tertiary alicyclic amines) is 1. The fraction of sp³-hybridized carbons (Fsp3) is 0.889. The Labute approximate surface area is 168 Å². The summed E-state index contributed by atoms with van der Waals surface area (Å²) in [6, 6.07) is 0.0953. The van der Waals surface area contributed by atoms with Gasteiger partial charge < -0.3 is 20.3 Å². The minimum atomic E-state index is -0.316. The van der Waals surface area contributed by atoms with Crippen LogP contribution in [0.2, 0.25) is 0 Å². The number of nitrogens with zero attached hydrogens (tertiary/aromatic N) is 2. The molecule has 1 atom stereocenters. The van der Waals surface area contributed by atoms with Crippen molar-refractivity contribution in [2.45, 2.75) is 58.4 Å². The predicted octanol–water partition coefficient (Wildman–Crippen LogP) is 2.97. The molecule has 1 unspecified atom stereocenters. The number of ether oxygens (including phenoxy) is 1. The summed E-state index contributed by atoms with van der Waals surface area (Å²) < 4.78 is 5.03. The maximum atomic E-state index is 11.7. The van der Waals surface area contributed by atoms with Crippen molar-refractivity contribution in [1.82, 2.24) is 15.5 Å². The van der Waals surface area contributed by atoms with Crippen molar-refractivity contribution in [1.29, 1.82) is 0 Å². The normalized spacial score (nSPS) is 22.8. The first kappa shape index (κ1) is 20.6. The van der Waals surface area contributed by atoms with E-state index in [0.29, 0.717) is 24.5 Å². The third-order valence-electron chi connectivity index (χ3n) is 5.69. The Morgan fingerprint density at radius 1 is 1.32 bits per heavy atom. The van der Waals surface area contributed by atoms with Gasteiger partial charge in [0.1, 0.15) is 0 Å². The first-order valence-corrected chi connectivity index (χ1v) is 9.62. The number of amides is 1. The Bertz CT molecular complexity index is 478. The van der Waals surface area contributed by atoms with Gasteiger partial charge in [-0.05, 0) is 57.3 Å². The van der Waals surface area contributed by atoms with Crippen LogP contribution in [0.4, 0.5) is 4.79 Å². The lowest BCUT2D eigenvalue weighted by molar-refractivity contribution is 0.147. The van der Waals surface area contributed by atoms with Crippen molar-refractivity contribution in [2.24, 2.45) is 16.3 Å². The quantitative estimate of drug-likeness (QED) is 0.361. The van der Waals surface area contributed by atoms with E-state index in [1.807, 2.05) is 6.92 Å². The van der Waals surface area contributed by atoms with Crippen LogP contribution < -0.4 is 10.6 Å². The topological polar surface area (TPSA) is 66.0 Å². The van der Waals surface area contributed by atoms with Crippen molar-refractivity contribution in [3.05, 3.63) is 0 Å². The third kappa shape index (κ3) is 5.37. The molecule has 3 rings (SSSR count). The minimum absolute atomic E-state index is 0. The van der Waals surface area contributed by atoms with E-state index in [1.54, 1.807) is 0 Å². The molecule has 1 spiro atoms. The van der Waals surface area contributed by atoms with Crippen LogP contribution in [0.3, 0.4) is 0 Å². The minimum Gasteiger partial charge on any atom is -0.450 e. The number of hydrogen-bond acceptors (Lipinski definition) is 3. The molecule has 1 amide bonds. The molecule has 1 saturated heterocycles. The largest absolute Gasteiger partial charge is 0.450 e. The van der Waals surface area contributed by atoms with Crippen molar-refractivity contribution in [2.75, 3.05) is 32.8 Å². The first-order valence-electron chi connectivity index (χ1n) is 9.62. The number of carbonyl (C=O) groups excluding carboxylic acids is 1. The first-order chi connectivity index (χ1) is 11.7. The van der Waals surface area contributed by atoms with Gasteiger partial charge in [-0.3, -0.25) is 4.99 Å². The van der Waals surface area contributed by atoms with E-state index in [4.69, 9.17) is 9.73 Å². The Hall–Kier alpha value is -0.730. The van der Waals surface area contributed by atoms with Crippen LogP contribution in [0, 0.1) is 11.3 Å². The zero-order valence-electron chi connectivity index (χ0n) is 15.6. The van der Waals surface area contributed by atoms with Crippen molar-refractivity contribution < 1.29 is 9.53 Å². The van der Waals surface area contributed by atoms with E-state index in [0.717, 1.165) is 25.6 Å². The number of guanidine groups is 1. The third-order valence-corrected chi connectivity index (χ3v) is 5.69. The van der Waals surface area contributed by atoms with Crippen LogP contribution in [0.25, 0.3) is 0 Å². The number of hydrogen-bond donors (Lipinski definition) is 2. The molecule has 3 aliphatic rings. The smallest absolute Gasteiger partial charge is 0.407 e. The van der Waals surface area contributed by atoms with Crippen LogP contribution in [-0.4, -0.2) is 55.8 Å². The molecule has 0 aromatic rings. The fourth-order valence-corrected chi connectivity index (χ4v) is 3.95. The summed E-state index contributed by atoms with van der Waals surface area (Å²) in [6.45, 7) is 8.10.